The summed E-state index contributed by atoms with van der Waals surface area (Å²) in [5.41, 5.74) is 0.122. The highest BCUT2D eigenvalue weighted by atomic mass is 19.4. The van der Waals surface area contributed by atoms with Gasteiger partial charge in [0.1, 0.15) is 5.82 Å². The number of H-pyrrole nitrogens is 1. The van der Waals surface area contributed by atoms with Crippen molar-refractivity contribution in [3.05, 3.63) is 47.7 Å². The molecule has 0 aliphatic carbocycles. The molecule has 1 saturated heterocycles. The number of hydrogen-bond acceptors (Lipinski definition) is 5. The number of hydrogen-bond donors (Lipinski definition) is 3. The number of benzene rings is 1. The van der Waals surface area contributed by atoms with Crippen molar-refractivity contribution in [1.82, 2.24) is 25.4 Å². The number of nitrogens with one attached hydrogen (secondary N) is 3. The monoisotopic (exact) mass is 434 g/mol. The van der Waals surface area contributed by atoms with Crippen molar-refractivity contribution < 1.29 is 22.7 Å². The lowest BCUT2D eigenvalue weighted by Gasteiger charge is -2.23. The minimum Gasteiger partial charge on any atom is -0.479 e. The molecule has 1 fully saturated rings. The third-order valence-corrected chi connectivity index (χ3v) is 5.33. The zero-order chi connectivity index (χ0) is 22.2. The van der Waals surface area contributed by atoms with Gasteiger partial charge in [-0.05, 0) is 18.7 Å². The molecule has 2 amide bonds. The van der Waals surface area contributed by atoms with Crippen LogP contribution in [0.1, 0.15) is 17.0 Å². The van der Waals surface area contributed by atoms with Crippen molar-refractivity contribution in [2.75, 3.05) is 32.6 Å². The summed E-state index contributed by atoms with van der Waals surface area (Å²) >= 11 is 0. The maximum Gasteiger partial charge on any atom is 0.416 e. The molecule has 1 aliphatic rings. The second-order valence-corrected chi connectivity index (χ2v) is 7.47. The number of ether oxygens (including phenoxy) is 1. The highest BCUT2D eigenvalue weighted by Gasteiger charge is 2.40. The van der Waals surface area contributed by atoms with Crippen molar-refractivity contribution in [2.24, 2.45) is 0 Å². The summed E-state index contributed by atoms with van der Waals surface area (Å²) in [5.74, 6) is 0.162. The maximum absolute atomic E-state index is 13.5. The number of amides is 2. The third kappa shape index (κ3) is 4.26. The Morgan fingerprint density at radius 2 is 2.06 bits per heavy atom. The number of anilines is 1. The lowest BCUT2D eigenvalue weighted by Crippen LogP contribution is -2.42. The van der Waals surface area contributed by atoms with Gasteiger partial charge in [-0.1, -0.05) is 18.2 Å². The molecule has 3 aromatic rings. The van der Waals surface area contributed by atoms with Crippen molar-refractivity contribution in [2.45, 2.75) is 18.1 Å². The first-order valence-electron chi connectivity index (χ1n) is 9.56. The second kappa shape index (κ2) is 8.06. The second-order valence-electron chi connectivity index (χ2n) is 7.47. The van der Waals surface area contributed by atoms with E-state index in [0.29, 0.717) is 29.9 Å². The van der Waals surface area contributed by atoms with Gasteiger partial charge in [0.2, 0.25) is 5.88 Å². The average Bonchev–Trinajstić information content (AvgIpc) is 3.29. The molecule has 0 unspecified atom stereocenters. The molecule has 1 aromatic carbocycles. The van der Waals surface area contributed by atoms with Gasteiger partial charge in [0.05, 0.1) is 29.6 Å². The summed E-state index contributed by atoms with van der Waals surface area (Å²) in [6.07, 6.45) is -2.95. The first-order valence-corrected chi connectivity index (χ1v) is 9.56. The van der Waals surface area contributed by atoms with E-state index < -0.39 is 29.7 Å². The number of methoxy groups -OCH3 is 1. The van der Waals surface area contributed by atoms with Crippen LogP contribution in [0.15, 0.2) is 36.5 Å². The Hall–Kier alpha value is -3.34. The zero-order valence-corrected chi connectivity index (χ0v) is 16.8. The standard InChI is InChI=1S/C20H21F3N6O2/c1-29-9-13(11-5-3-4-6-14(11)20(21,22)23)16(10-29)25-19(30)26-17-7-15-12(8-24-17)18(31-2)28-27-15/h3-8,13,16H,9-10H2,1-2H3,(H,27,28)(H2,24,25,26,30)/t13-,16+/m0/s1. The zero-order valence-electron chi connectivity index (χ0n) is 16.8. The minimum atomic E-state index is -4.46. The fourth-order valence-electron chi connectivity index (χ4n) is 3.97. The van der Waals surface area contributed by atoms with E-state index in [2.05, 4.69) is 25.8 Å². The number of halogens is 3. The Bertz CT molecular complexity index is 1100. The van der Waals surface area contributed by atoms with Crippen molar-refractivity contribution >= 4 is 22.8 Å². The average molecular weight is 434 g/mol. The number of carbonyl (C=O) groups excluding carboxylic acids is 1. The van der Waals surface area contributed by atoms with Crippen LogP contribution in [-0.4, -0.2) is 59.4 Å². The summed E-state index contributed by atoms with van der Waals surface area (Å²) in [7, 11) is 3.30. The van der Waals surface area contributed by atoms with Crippen molar-refractivity contribution in [3.8, 4) is 5.88 Å². The fraction of sp³-hybridized carbons (Fsp3) is 0.350. The summed E-state index contributed by atoms with van der Waals surface area (Å²) in [6.45, 7) is 0.824. The van der Waals surface area contributed by atoms with Gasteiger partial charge < -0.3 is 15.0 Å². The van der Waals surface area contributed by atoms with E-state index in [1.54, 1.807) is 12.1 Å². The van der Waals surface area contributed by atoms with Gasteiger partial charge in [-0.2, -0.15) is 13.2 Å². The molecule has 1 aliphatic heterocycles. The Morgan fingerprint density at radius 3 is 2.81 bits per heavy atom. The summed E-state index contributed by atoms with van der Waals surface area (Å²) < 4.78 is 45.6. The van der Waals surface area contributed by atoms with Crippen LogP contribution in [0.3, 0.4) is 0 Å². The number of pyridine rings is 1. The molecule has 0 spiro atoms. The van der Waals surface area contributed by atoms with Gasteiger partial charge in [0.15, 0.2) is 0 Å². The topological polar surface area (TPSA) is 95.2 Å². The first-order chi connectivity index (χ1) is 14.8. The first kappa shape index (κ1) is 20.9. The lowest BCUT2D eigenvalue weighted by molar-refractivity contribution is -0.138. The number of likely N-dealkylation sites (tertiary alicyclic amines) is 1. The van der Waals surface area contributed by atoms with Crippen LogP contribution in [-0.2, 0) is 6.18 Å². The normalized spacial score (nSPS) is 19.5. The van der Waals surface area contributed by atoms with Crippen LogP contribution in [0.2, 0.25) is 0 Å². The number of aromatic nitrogens is 3. The molecule has 31 heavy (non-hydrogen) atoms. The Labute approximate surface area is 175 Å². The van der Waals surface area contributed by atoms with Gasteiger partial charge in [-0.3, -0.25) is 10.4 Å². The summed E-state index contributed by atoms with van der Waals surface area (Å²) in [4.78, 5) is 18.6. The maximum atomic E-state index is 13.5. The van der Waals surface area contributed by atoms with E-state index in [4.69, 9.17) is 4.74 Å². The van der Waals surface area contributed by atoms with E-state index in [-0.39, 0.29) is 11.4 Å². The van der Waals surface area contributed by atoms with Crippen LogP contribution in [0.4, 0.5) is 23.8 Å². The molecule has 0 saturated carbocycles. The van der Waals surface area contributed by atoms with E-state index in [1.165, 1.54) is 25.4 Å². The smallest absolute Gasteiger partial charge is 0.416 e. The number of rotatable bonds is 4. The third-order valence-electron chi connectivity index (χ3n) is 5.33. The number of urea groups is 1. The number of nitrogens with zero attached hydrogens (tertiary/aromatic N) is 3. The molecule has 0 radical (unpaired) electrons. The highest BCUT2D eigenvalue weighted by Crippen LogP contribution is 2.38. The molecule has 11 heteroatoms. The van der Waals surface area contributed by atoms with Crippen LogP contribution in [0.5, 0.6) is 5.88 Å². The van der Waals surface area contributed by atoms with Crippen molar-refractivity contribution in [3.63, 3.8) is 0 Å². The fourth-order valence-corrected chi connectivity index (χ4v) is 3.97. The van der Waals surface area contributed by atoms with Crippen LogP contribution < -0.4 is 15.4 Å². The molecule has 3 heterocycles. The molecule has 4 rings (SSSR count). The molecular weight excluding hydrogens is 413 g/mol. The molecule has 8 nitrogen and oxygen atoms in total. The molecule has 164 valence electrons. The Balaban J connectivity index is 1.51. The number of alkyl halides is 3. The van der Waals surface area contributed by atoms with E-state index in [0.717, 1.165) is 6.07 Å². The largest absolute Gasteiger partial charge is 0.479 e. The van der Waals surface area contributed by atoms with E-state index in [9.17, 15) is 18.0 Å². The van der Waals surface area contributed by atoms with E-state index >= 15 is 0 Å². The molecule has 2 aromatic heterocycles. The number of likely N-dealkylation sites (N-methyl/N-ethyl adjacent to an activating group) is 1. The molecule has 2 atom stereocenters. The summed E-state index contributed by atoms with van der Waals surface area (Å²) in [5, 5.41) is 12.9. The van der Waals surface area contributed by atoms with Gasteiger partial charge in [0, 0.05) is 31.3 Å². The van der Waals surface area contributed by atoms with Gasteiger partial charge in [-0.15, -0.1) is 5.10 Å². The summed E-state index contributed by atoms with van der Waals surface area (Å²) in [6, 6.07) is 6.05. The quantitative estimate of drug-likeness (QED) is 0.586. The van der Waals surface area contributed by atoms with E-state index in [1.807, 2.05) is 11.9 Å². The number of aromatic amines is 1. The number of carbonyl (C=O) groups is 1. The van der Waals surface area contributed by atoms with Gasteiger partial charge in [-0.25, -0.2) is 9.78 Å². The van der Waals surface area contributed by atoms with Crippen molar-refractivity contribution in [1.29, 1.82) is 0 Å². The Morgan fingerprint density at radius 1 is 1.29 bits per heavy atom. The predicted molar refractivity (Wildman–Crippen MR) is 108 cm³/mol. The SMILES string of the molecule is COc1n[nH]c2cc(NC(=O)N[C@@H]3CN(C)C[C@H]3c3ccccc3C(F)(F)F)ncc12. The highest BCUT2D eigenvalue weighted by molar-refractivity contribution is 5.92. The number of fused-ring (bicyclic) bond motifs is 1. The van der Waals surface area contributed by atoms with Gasteiger partial charge in [0.25, 0.3) is 0 Å². The van der Waals surface area contributed by atoms with Crippen LogP contribution in [0, 0.1) is 0 Å². The molecular formula is C20H21F3N6O2. The predicted octanol–water partition coefficient (Wildman–Crippen LogP) is 3.20. The molecule has 0 bridgehead atoms. The molecule has 3 N–H and O–H groups in total. The Kier molecular flexibility index (Phi) is 5.44. The van der Waals surface area contributed by atoms with Gasteiger partial charge >= 0.3 is 12.2 Å². The minimum absolute atomic E-state index is 0.175. The lowest BCUT2D eigenvalue weighted by atomic mass is 9.90. The van der Waals surface area contributed by atoms with Crippen LogP contribution in [0.25, 0.3) is 10.9 Å². The van der Waals surface area contributed by atoms with Crippen LogP contribution >= 0.6 is 0 Å².